The van der Waals surface area contributed by atoms with E-state index >= 15 is 0 Å². The molecule has 0 radical (unpaired) electrons. The third kappa shape index (κ3) is 2.91. The van der Waals surface area contributed by atoms with Crippen molar-refractivity contribution in [1.82, 2.24) is 4.90 Å². The number of hydrogen-bond acceptors (Lipinski definition) is 3. The molecule has 0 aromatic heterocycles. The number of aliphatic hydroxyl groups is 1. The molecule has 0 bridgehead atoms. The van der Waals surface area contributed by atoms with Gasteiger partial charge in [-0.25, -0.2) is 0 Å². The van der Waals surface area contributed by atoms with Crippen LogP contribution in [-0.2, 0) is 4.74 Å². The summed E-state index contributed by atoms with van der Waals surface area (Å²) in [6, 6.07) is 10.5. The zero-order chi connectivity index (χ0) is 13.0. The monoisotopic (exact) mass is 249 g/mol. The van der Waals surface area contributed by atoms with Crippen LogP contribution >= 0.6 is 0 Å². The van der Waals surface area contributed by atoms with E-state index in [1.807, 2.05) is 30.3 Å². The van der Waals surface area contributed by atoms with Gasteiger partial charge in [-0.1, -0.05) is 37.3 Å². The van der Waals surface area contributed by atoms with Gasteiger partial charge in [-0.05, 0) is 18.9 Å². The first kappa shape index (κ1) is 13.5. The van der Waals surface area contributed by atoms with E-state index in [9.17, 15) is 5.11 Å². The molecule has 2 rings (SSSR count). The summed E-state index contributed by atoms with van der Waals surface area (Å²) in [7, 11) is 0. The van der Waals surface area contributed by atoms with Crippen LogP contribution in [-0.4, -0.2) is 41.8 Å². The minimum absolute atomic E-state index is 0.126. The highest BCUT2D eigenvalue weighted by atomic mass is 16.5. The van der Waals surface area contributed by atoms with Crippen LogP contribution in [0.4, 0.5) is 0 Å². The molecule has 1 aliphatic rings. The minimum Gasteiger partial charge on any atom is -0.387 e. The van der Waals surface area contributed by atoms with Gasteiger partial charge in [-0.15, -0.1) is 0 Å². The number of benzene rings is 1. The average Bonchev–Trinajstić information content (AvgIpc) is 2.46. The highest BCUT2D eigenvalue weighted by molar-refractivity contribution is 5.18. The highest BCUT2D eigenvalue weighted by Crippen LogP contribution is 2.24. The lowest BCUT2D eigenvalue weighted by Crippen LogP contribution is -2.51. The lowest BCUT2D eigenvalue weighted by molar-refractivity contribution is -0.0557. The number of ether oxygens (including phenoxy) is 1. The third-order valence-electron chi connectivity index (χ3n) is 3.87. The Kier molecular flexibility index (Phi) is 4.75. The molecule has 3 nitrogen and oxygen atoms in total. The fourth-order valence-corrected chi connectivity index (χ4v) is 2.67. The molecule has 1 aliphatic heterocycles. The number of nitrogens with zero attached hydrogens (tertiary/aromatic N) is 1. The summed E-state index contributed by atoms with van der Waals surface area (Å²) in [6.45, 7) is 6.73. The van der Waals surface area contributed by atoms with Crippen LogP contribution in [0.15, 0.2) is 30.3 Å². The molecule has 0 aliphatic carbocycles. The van der Waals surface area contributed by atoms with E-state index in [0.29, 0.717) is 6.04 Å². The maximum atomic E-state index is 10.5. The van der Waals surface area contributed by atoms with Crippen LogP contribution in [0, 0.1) is 0 Å². The van der Waals surface area contributed by atoms with Gasteiger partial charge in [0, 0.05) is 18.6 Å². The first-order valence-electron chi connectivity index (χ1n) is 6.80. The lowest BCUT2D eigenvalue weighted by atomic mass is 10.00. The molecule has 0 saturated carbocycles. The van der Waals surface area contributed by atoms with Gasteiger partial charge in [0.2, 0.25) is 0 Å². The van der Waals surface area contributed by atoms with Crippen molar-refractivity contribution in [1.29, 1.82) is 0 Å². The molecule has 100 valence electrons. The van der Waals surface area contributed by atoms with Gasteiger partial charge in [-0.2, -0.15) is 0 Å². The summed E-state index contributed by atoms with van der Waals surface area (Å²) in [5, 5.41) is 10.5. The van der Waals surface area contributed by atoms with E-state index in [4.69, 9.17) is 4.74 Å². The zero-order valence-corrected chi connectivity index (χ0v) is 11.2. The van der Waals surface area contributed by atoms with Crippen LogP contribution in [0.2, 0.25) is 0 Å². The summed E-state index contributed by atoms with van der Waals surface area (Å²) in [5.74, 6) is 0. The number of morpholine rings is 1. The second-order valence-corrected chi connectivity index (χ2v) is 4.97. The normalized spacial score (nSPS) is 24.7. The molecule has 1 saturated heterocycles. The van der Waals surface area contributed by atoms with Gasteiger partial charge in [0.1, 0.15) is 0 Å². The predicted molar refractivity (Wildman–Crippen MR) is 72.5 cm³/mol. The smallest absolute Gasteiger partial charge is 0.0942 e. The second kappa shape index (κ2) is 6.32. The average molecular weight is 249 g/mol. The molecule has 1 heterocycles. The Labute approximate surface area is 109 Å². The minimum atomic E-state index is -0.432. The van der Waals surface area contributed by atoms with Gasteiger partial charge in [0.25, 0.3) is 0 Å². The maximum absolute atomic E-state index is 10.5. The quantitative estimate of drug-likeness (QED) is 0.888. The van der Waals surface area contributed by atoms with Crippen molar-refractivity contribution in [3.63, 3.8) is 0 Å². The molecule has 3 atom stereocenters. The molecule has 1 fully saturated rings. The molecular formula is C15H23NO2. The van der Waals surface area contributed by atoms with Crippen LogP contribution in [0.1, 0.15) is 31.9 Å². The predicted octanol–water partition coefficient (Wildman–Crippen LogP) is 2.22. The van der Waals surface area contributed by atoms with E-state index < -0.39 is 6.10 Å². The molecule has 18 heavy (non-hydrogen) atoms. The molecule has 1 N–H and O–H groups in total. The molecule has 3 unspecified atom stereocenters. The summed E-state index contributed by atoms with van der Waals surface area (Å²) in [6.07, 6.45) is 0.629. The molecule has 0 amide bonds. The highest BCUT2D eigenvalue weighted by Gasteiger charge is 2.30. The van der Waals surface area contributed by atoms with Gasteiger partial charge in [-0.3, -0.25) is 4.90 Å². The fraction of sp³-hybridized carbons (Fsp3) is 0.600. The van der Waals surface area contributed by atoms with Crippen molar-refractivity contribution in [2.75, 3.05) is 19.8 Å². The van der Waals surface area contributed by atoms with Crippen LogP contribution in [0.25, 0.3) is 0 Å². The second-order valence-electron chi connectivity index (χ2n) is 4.97. The van der Waals surface area contributed by atoms with Crippen molar-refractivity contribution in [2.24, 2.45) is 0 Å². The van der Waals surface area contributed by atoms with E-state index in [2.05, 4.69) is 18.7 Å². The lowest BCUT2D eigenvalue weighted by Gasteiger charge is -2.41. The van der Waals surface area contributed by atoms with Gasteiger partial charge >= 0.3 is 0 Å². The molecule has 1 aromatic carbocycles. The number of rotatable bonds is 4. The van der Waals surface area contributed by atoms with E-state index in [-0.39, 0.29) is 6.04 Å². The first-order valence-corrected chi connectivity index (χ1v) is 6.80. The first-order chi connectivity index (χ1) is 8.74. The van der Waals surface area contributed by atoms with Crippen LogP contribution < -0.4 is 0 Å². The maximum Gasteiger partial charge on any atom is 0.0942 e. The van der Waals surface area contributed by atoms with Crippen molar-refractivity contribution < 1.29 is 9.84 Å². The van der Waals surface area contributed by atoms with Crippen molar-refractivity contribution in [2.45, 2.75) is 38.5 Å². The standard InChI is InChI=1S/C15H23NO2/c1-3-14-11-18-10-9-16(14)12(2)15(17)13-7-5-4-6-8-13/h4-8,12,14-15,17H,3,9-11H2,1-2H3. The number of aliphatic hydroxyl groups excluding tert-OH is 1. The Hall–Kier alpha value is -0.900. The van der Waals surface area contributed by atoms with Gasteiger partial charge < -0.3 is 9.84 Å². The summed E-state index contributed by atoms with van der Waals surface area (Å²) in [4.78, 5) is 2.38. The Bertz CT molecular complexity index is 355. The summed E-state index contributed by atoms with van der Waals surface area (Å²) < 4.78 is 5.52. The SMILES string of the molecule is CCC1COCCN1C(C)C(O)c1ccccc1. The topological polar surface area (TPSA) is 32.7 Å². The van der Waals surface area contributed by atoms with E-state index in [0.717, 1.165) is 31.7 Å². The van der Waals surface area contributed by atoms with E-state index in [1.165, 1.54) is 0 Å². The van der Waals surface area contributed by atoms with Gasteiger partial charge in [0.05, 0.1) is 19.3 Å². The largest absolute Gasteiger partial charge is 0.387 e. The summed E-state index contributed by atoms with van der Waals surface area (Å²) >= 11 is 0. The molecular weight excluding hydrogens is 226 g/mol. The van der Waals surface area contributed by atoms with Crippen molar-refractivity contribution >= 4 is 0 Å². The summed E-state index contributed by atoms with van der Waals surface area (Å²) in [5.41, 5.74) is 0.992. The van der Waals surface area contributed by atoms with Crippen LogP contribution in [0.5, 0.6) is 0 Å². The van der Waals surface area contributed by atoms with Crippen molar-refractivity contribution in [3.8, 4) is 0 Å². The fourth-order valence-electron chi connectivity index (χ4n) is 2.67. The van der Waals surface area contributed by atoms with Crippen molar-refractivity contribution in [3.05, 3.63) is 35.9 Å². The Balaban J connectivity index is 2.07. The van der Waals surface area contributed by atoms with E-state index in [1.54, 1.807) is 0 Å². The van der Waals surface area contributed by atoms with Gasteiger partial charge in [0.15, 0.2) is 0 Å². The third-order valence-corrected chi connectivity index (χ3v) is 3.87. The molecule has 1 aromatic rings. The Morgan fingerprint density at radius 2 is 2.11 bits per heavy atom. The Morgan fingerprint density at radius 3 is 2.78 bits per heavy atom. The van der Waals surface area contributed by atoms with Crippen LogP contribution in [0.3, 0.4) is 0 Å². The zero-order valence-electron chi connectivity index (χ0n) is 11.2. The molecule has 3 heteroatoms. The number of hydrogen-bond donors (Lipinski definition) is 1. The Morgan fingerprint density at radius 1 is 1.39 bits per heavy atom. The molecule has 0 spiro atoms.